The quantitative estimate of drug-likeness (QED) is 0.502. The van der Waals surface area contributed by atoms with Crippen molar-refractivity contribution in [2.45, 2.75) is 6.42 Å². The number of nitrogens with one attached hydrogen (secondary N) is 1. The maximum Gasteiger partial charge on any atom is 0.221 e. The fourth-order valence-corrected chi connectivity index (χ4v) is 2.31. The number of hydrogen-bond acceptors (Lipinski definition) is 2. The van der Waals surface area contributed by atoms with Crippen molar-refractivity contribution in [2.24, 2.45) is 0 Å². The molecule has 19 heavy (non-hydrogen) atoms. The first-order valence-electron chi connectivity index (χ1n) is 6.05. The highest BCUT2D eigenvalue weighted by Crippen LogP contribution is 2.15. The molecule has 0 heterocycles. The van der Waals surface area contributed by atoms with Gasteiger partial charge in [0.05, 0.1) is 6.54 Å². The Morgan fingerprint density at radius 2 is 1.79 bits per heavy atom. The zero-order valence-electron chi connectivity index (χ0n) is 10.4. The Hall–Kier alpha value is -1.43. The van der Waals surface area contributed by atoms with Crippen molar-refractivity contribution in [3.05, 3.63) is 48.0 Å². The summed E-state index contributed by atoms with van der Waals surface area (Å²) in [5.74, 6) is -0.142. The van der Waals surface area contributed by atoms with Crippen LogP contribution in [0.4, 0.5) is 0 Å². The van der Waals surface area contributed by atoms with Crippen molar-refractivity contribution in [1.82, 2.24) is 5.32 Å². The minimum atomic E-state index is -0.0801. The molecule has 2 aromatic rings. The van der Waals surface area contributed by atoms with Crippen LogP contribution in [0.3, 0.4) is 0 Å². The van der Waals surface area contributed by atoms with Gasteiger partial charge in [0, 0.05) is 16.4 Å². The van der Waals surface area contributed by atoms with E-state index in [0.717, 1.165) is 15.2 Å². The highest BCUT2D eigenvalue weighted by Gasteiger charge is 2.08. The van der Waals surface area contributed by atoms with E-state index in [-0.39, 0.29) is 18.2 Å². The van der Waals surface area contributed by atoms with Gasteiger partial charge >= 0.3 is 0 Å². The van der Waals surface area contributed by atoms with E-state index >= 15 is 0 Å². The lowest BCUT2D eigenvalue weighted by atomic mass is 10.0. The molecule has 2 rings (SSSR count). The van der Waals surface area contributed by atoms with Crippen LogP contribution in [0, 0.1) is 0 Å². The largest absolute Gasteiger partial charge is 0.349 e. The second-order valence-electron chi connectivity index (χ2n) is 4.20. The highest BCUT2D eigenvalue weighted by atomic mass is 127. The van der Waals surface area contributed by atoms with Crippen molar-refractivity contribution in [3.63, 3.8) is 0 Å². The van der Waals surface area contributed by atoms with E-state index in [1.54, 1.807) is 6.07 Å². The molecule has 0 atom stereocenters. The number of fused-ring (bicyclic) bond motifs is 1. The standard InChI is InChI=1S/C15H14INO2/c16-8-7-15(19)17-10-14(18)13-6-5-11-3-1-2-4-12(11)9-13/h1-6,9H,7-8,10H2,(H,17,19). The molecule has 0 saturated heterocycles. The van der Waals surface area contributed by atoms with E-state index < -0.39 is 0 Å². The Bertz CT molecular complexity index is 610. The molecular weight excluding hydrogens is 353 g/mol. The molecule has 3 nitrogen and oxygen atoms in total. The number of benzene rings is 2. The number of Topliss-reactive ketones (excluding diaryl/α,β-unsaturated/α-hetero) is 1. The monoisotopic (exact) mass is 367 g/mol. The van der Waals surface area contributed by atoms with Gasteiger partial charge in [-0.15, -0.1) is 0 Å². The van der Waals surface area contributed by atoms with Gasteiger partial charge in [0.15, 0.2) is 5.78 Å². The normalized spacial score (nSPS) is 10.4. The van der Waals surface area contributed by atoms with Gasteiger partial charge in [-0.05, 0) is 16.8 Å². The second kappa shape index (κ2) is 6.65. The second-order valence-corrected chi connectivity index (χ2v) is 5.28. The van der Waals surface area contributed by atoms with Crippen LogP contribution in [0.2, 0.25) is 0 Å². The molecule has 0 saturated carbocycles. The third kappa shape index (κ3) is 3.76. The molecule has 1 amide bonds. The molecule has 1 N–H and O–H groups in total. The molecule has 98 valence electrons. The Morgan fingerprint density at radius 3 is 2.53 bits per heavy atom. The number of ketones is 1. The summed E-state index contributed by atoms with van der Waals surface area (Å²) in [4.78, 5) is 23.3. The van der Waals surface area contributed by atoms with E-state index in [0.29, 0.717) is 12.0 Å². The van der Waals surface area contributed by atoms with E-state index in [2.05, 4.69) is 27.9 Å². The van der Waals surface area contributed by atoms with Gasteiger partial charge in [-0.2, -0.15) is 0 Å². The average Bonchev–Trinajstić information content (AvgIpc) is 2.44. The van der Waals surface area contributed by atoms with E-state index in [1.165, 1.54) is 0 Å². The minimum Gasteiger partial charge on any atom is -0.349 e. The third-order valence-electron chi connectivity index (χ3n) is 2.84. The lowest BCUT2D eigenvalue weighted by Gasteiger charge is -2.05. The molecular formula is C15H14INO2. The molecule has 0 spiro atoms. The molecule has 0 fully saturated rings. The Balaban J connectivity index is 2.07. The summed E-state index contributed by atoms with van der Waals surface area (Å²) in [5.41, 5.74) is 0.633. The number of rotatable bonds is 5. The van der Waals surface area contributed by atoms with Gasteiger partial charge in [-0.25, -0.2) is 0 Å². The first-order chi connectivity index (χ1) is 9.20. The number of hydrogen-bond donors (Lipinski definition) is 1. The third-order valence-corrected chi connectivity index (χ3v) is 3.38. The number of amides is 1. The first kappa shape index (κ1) is 14.0. The van der Waals surface area contributed by atoms with Gasteiger partial charge in [-0.3, -0.25) is 9.59 Å². The van der Waals surface area contributed by atoms with Gasteiger partial charge < -0.3 is 5.32 Å². The summed E-state index contributed by atoms with van der Waals surface area (Å²) < 4.78 is 0.758. The highest BCUT2D eigenvalue weighted by molar-refractivity contribution is 14.1. The summed E-state index contributed by atoms with van der Waals surface area (Å²) in [5, 5.41) is 4.78. The number of halogens is 1. The number of alkyl halides is 1. The van der Waals surface area contributed by atoms with Crippen LogP contribution < -0.4 is 5.32 Å². The average molecular weight is 367 g/mol. The van der Waals surface area contributed by atoms with Gasteiger partial charge in [0.25, 0.3) is 0 Å². The van der Waals surface area contributed by atoms with Crippen molar-refractivity contribution in [1.29, 1.82) is 0 Å². The van der Waals surface area contributed by atoms with Crippen LogP contribution in [0.15, 0.2) is 42.5 Å². The summed E-state index contributed by atoms with van der Waals surface area (Å²) >= 11 is 2.13. The zero-order chi connectivity index (χ0) is 13.7. The summed E-state index contributed by atoms with van der Waals surface area (Å²) in [6.07, 6.45) is 0.450. The Labute approximate surface area is 125 Å². The van der Waals surface area contributed by atoms with E-state index in [1.807, 2.05) is 36.4 Å². The Morgan fingerprint density at radius 1 is 1.05 bits per heavy atom. The smallest absolute Gasteiger partial charge is 0.221 e. The van der Waals surface area contributed by atoms with Crippen molar-refractivity contribution in [3.8, 4) is 0 Å². The molecule has 0 aliphatic heterocycles. The first-order valence-corrected chi connectivity index (χ1v) is 7.58. The SMILES string of the molecule is O=C(CCI)NCC(=O)c1ccc2ccccc2c1. The van der Waals surface area contributed by atoms with Crippen molar-refractivity contribution < 1.29 is 9.59 Å². The molecule has 0 bridgehead atoms. The number of carbonyl (C=O) groups is 2. The van der Waals surface area contributed by atoms with Crippen LogP contribution in [-0.2, 0) is 4.79 Å². The van der Waals surface area contributed by atoms with Crippen molar-refractivity contribution >= 4 is 45.1 Å². The molecule has 0 aliphatic carbocycles. The summed E-state index contributed by atoms with van der Waals surface area (Å²) in [6, 6.07) is 13.5. The van der Waals surface area contributed by atoms with Crippen molar-refractivity contribution in [2.75, 3.05) is 11.0 Å². The number of carbonyl (C=O) groups excluding carboxylic acids is 2. The molecule has 0 unspecified atom stereocenters. The molecule has 2 aromatic carbocycles. The summed E-state index contributed by atoms with van der Waals surface area (Å²) in [6.45, 7) is 0.0633. The molecule has 0 aliphatic rings. The van der Waals surface area contributed by atoms with Gasteiger partial charge in [0.2, 0.25) is 5.91 Å². The van der Waals surface area contributed by atoms with Crippen LogP contribution >= 0.6 is 22.6 Å². The van der Waals surface area contributed by atoms with Crippen LogP contribution in [0.1, 0.15) is 16.8 Å². The Kier molecular flexibility index (Phi) is 4.90. The lowest BCUT2D eigenvalue weighted by molar-refractivity contribution is -0.120. The maximum absolute atomic E-state index is 12.0. The predicted molar refractivity (Wildman–Crippen MR) is 84.8 cm³/mol. The topological polar surface area (TPSA) is 46.2 Å². The molecule has 0 radical (unpaired) electrons. The van der Waals surface area contributed by atoms with Crippen LogP contribution in [0.5, 0.6) is 0 Å². The van der Waals surface area contributed by atoms with Gasteiger partial charge in [-0.1, -0.05) is 59.0 Å². The van der Waals surface area contributed by atoms with Crippen LogP contribution in [0.25, 0.3) is 10.8 Å². The maximum atomic E-state index is 12.0. The van der Waals surface area contributed by atoms with E-state index in [9.17, 15) is 9.59 Å². The summed E-state index contributed by atoms with van der Waals surface area (Å²) in [7, 11) is 0. The fraction of sp³-hybridized carbons (Fsp3) is 0.200. The minimum absolute atomic E-state index is 0.0624. The molecule has 4 heteroatoms. The van der Waals surface area contributed by atoms with Crippen LogP contribution in [-0.4, -0.2) is 22.7 Å². The zero-order valence-corrected chi connectivity index (χ0v) is 12.5. The van der Waals surface area contributed by atoms with E-state index in [4.69, 9.17) is 0 Å². The predicted octanol–water partition coefficient (Wildman–Crippen LogP) is 2.96. The lowest BCUT2D eigenvalue weighted by Crippen LogP contribution is -2.29. The molecule has 0 aromatic heterocycles. The van der Waals surface area contributed by atoms with Gasteiger partial charge in [0.1, 0.15) is 0 Å². The fourth-order valence-electron chi connectivity index (χ4n) is 1.82.